The summed E-state index contributed by atoms with van der Waals surface area (Å²) in [5.41, 5.74) is 0. The second kappa shape index (κ2) is 7.17. The van der Waals surface area contributed by atoms with Crippen molar-refractivity contribution < 1.29 is 19.8 Å². The van der Waals surface area contributed by atoms with Crippen LogP contribution >= 0.6 is 0 Å². The van der Waals surface area contributed by atoms with E-state index in [0.717, 1.165) is 13.1 Å². The molecule has 0 aromatic heterocycles. The van der Waals surface area contributed by atoms with Gasteiger partial charge in [0.15, 0.2) is 6.10 Å². The van der Waals surface area contributed by atoms with Crippen molar-refractivity contribution in [1.29, 1.82) is 0 Å². The molecular formula is C11H21N3O4. The van der Waals surface area contributed by atoms with Gasteiger partial charge in [0.1, 0.15) is 0 Å². The molecule has 1 heterocycles. The predicted octanol–water partition coefficient (Wildman–Crippen LogP) is -0.785. The number of nitrogens with zero attached hydrogens (tertiary/aromatic N) is 1. The fourth-order valence-corrected chi connectivity index (χ4v) is 1.89. The van der Waals surface area contributed by atoms with E-state index in [9.17, 15) is 9.59 Å². The molecule has 4 N–H and O–H groups in total. The molecule has 0 bridgehead atoms. The van der Waals surface area contributed by atoms with Crippen molar-refractivity contribution in [3.05, 3.63) is 0 Å². The lowest BCUT2D eigenvalue weighted by atomic mass is 10.3. The summed E-state index contributed by atoms with van der Waals surface area (Å²) in [5.74, 6) is -1.35. The third-order valence-corrected chi connectivity index (χ3v) is 3.06. The van der Waals surface area contributed by atoms with Gasteiger partial charge in [-0.15, -0.1) is 0 Å². The van der Waals surface area contributed by atoms with Crippen molar-refractivity contribution >= 4 is 12.0 Å². The van der Waals surface area contributed by atoms with Crippen LogP contribution in [0.2, 0.25) is 0 Å². The molecule has 0 aromatic carbocycles. The highest BCUT2D eigenvalue weighted by Crippen LogP contribution is 2.10. The van der Waals surface area contributed by atoms with E-state index >= 15 is 0 Å². The average Bonchev–Trinajstić information content (AvgIpc) is 2.86. The number of hydrogen-bond donors (Lipinski definition) is 4. The number of aliphatic carboxylic acids is 1. The van der Waals surface area contributed by atoms with Gasteiger partial charge in [-0.05, 0) is 32.9 Å². The largest absolute Gasteiger partial charge is 0.479 e. The lowest BCUT2D eigenvalue weighted by Gasteiger charge is -2.23. The topological polar surface area (TPSA) is 102 Å². The second-order valence-electron chi connectivity index (χ2n) is 4.54. The van der Waals surface area contributed by atoms with Crippen molar-refractivity contribution in [2.45, 2.75) is 31.9 Å². The van der Waals surface area contributed by atoms with Crippen LogP contribution in [0.4, 0.5) is 4.79 Å². The summed E-state index contributed by atoms with van der Waals surface area (Å²) < 4.78 is 0. The Morgan fingerprint density at radius 2 is 1.78 bits per heavy atom. The van der Waals surface area contributed by atoms with Gasteiger partial charge < -0.3 is 20.8 Å². The van der Waals surface area contributed by atoms with Crippen molar-refractivity contribution in [2.75, 3.05) is 26.2 Å². The Balaban J connectivity index is 2.14. The van der Waals surface area contributed by atoms with Crippen LogP contribution < -0.4 is 10.6 Å². The van der Waals surface area contributed by atoms with E-state index < -0.39 is 18.1 Å². The third-order valence-electron chi connectivity index (χ3n) is 3.06. The zero-order chi connectivity index (χ0) is 13.5. The fraction of sp³-hybridized carbons (Fsp3) is 0.818. The highest BCUT2D eigenvalue weighted by Gasteiger charge is 2.19. The summed E-state index contributed by atoms with van der Waals surface area (Å²) in [7, 11) is 0. The minimum atomic E-state index is -1.56. The van der Waals surface area contributed by atoms with Gasteiger partial charge in [-0.3, -0.25) is 4.90 Å². The van der Waals surface area contributed by atoms with Crippen LogP contribution in [0.3, 0.4) is 0 Å². The average molecular weight is 259 g/mol. The molecule has 18 heavy (non-hydrogen) atoms. The maximum Gasteiger partial charge on any atom is 0.334 e. The minimum Gasteiger partial charge on any atom is -0.479 e. The number of likely N-dealkylation sites (tertiary alicyclic amines) is 1. The molecule has 2 amide bonds. The van der Waals surface area contributed by atoms with Crippen LogP contribution in [0.25, 0.3) is 0 Å². The number of amides is 2. The van der Waals surface area contributed by atoms with E-state index in [1.165, 1.54) is 12.8 Å². The Bertz CT molecular complexity index is 292. The van der Waals surface area contributed by atoms with Crippen molar-refractivity contribution in [3.8, 4) is 0 Å². The number of carbonyl (C=O) groups is 2. The van der Waals surface area contributed by atoms with E-state index in [1.807, 2.05) is 6.92 Å². The van der Waals surface area contributed by atoms with E-state index in [2.05, 4.69) is 15.5 Å². The Kier molecular flexibility index (Phi) is 5.87. The van der Waals surface area contributed by atoms with E-state index in [-0.39, 0.29) is 12.6 Å². The normalized spacial score (nSPS) is 19.2. The number of hydrogen-bond acceptors (Lipinski definition) is 4. The molecular weight excluding hydrogens is 238 g/mol. The summed E-state index contributed by atoms with van der Waals surface area (Å²) in [6.45, 7) is 4.37. The van der Waals surface area contributed by atoms with Crippen LogP contribution in [-0.4, -0.2) is 65.4 Å². The molecule has 1 unspecified atom stereocenters. The highest BCUT2D eigenvalue weighted by molar-refractivity contribution is 5.76. The molecule has 0 aromatic rings. The molecule has 2 atom stereocenters. The van der Waals surface area contributed by atoms with Gasteiger partial charge in [-0.25, -0.2) is 9.59 Å². The quantitative estimate of drug-likeness (QED) is 0.501. The van der Waals surface area contributed by atoms with E-state index in [1.54, 1.807) is 0 Å². The van der Waals surface area contributed by atoms with Gasteiger partial charge in [0.2, 0.25) is 0 Å². The van der Waals surface area contributed by atoms with Crippen LogP contribution in [0, 0.1) is 0 Å². The molecule has 0 radical (unpaired) electrons. The standard InChI is InChI=1S/C11H21N3O4/c1-8(14-4-2-3-5-14)6-12-11(18)13-7-9(15)10(16)17/h8-9,15H,2-7H2,1H3,(H,16,17)(H2,12,13,18)/t8?,9-/m0/s1. The molecule has 1 aliphatic heterocycles. The minimum absolute atomic E-state index is 0.266. The zero-order valence-electron chi connectivity index (χ0n) is 10.6. The number of rotatable bonds is 6. The first-order chi connectivity index (χ1) is 8.50. The highest BCUT2D eigenvalue weighted by atomic mass is 16.4. The fourth-order valence-electron chi connectivity index (χ4n) is 1.89. The number of aliphatic hydroxyl groups is 1. The Morgan fingerprint density at radius 3 is 2.33 bits per heavy atom. The molecule has 7 nitrogen and oxygen atoms in total. The summed E-state index contributed by atoms with van der Waals surface area (Å²) in [4.78, 5) is 24.0. The Morgan fingerprint density at radius 1 is 1.22 bits per heavy atom. The number of carbonyl (C=O) groups excluding carboxylic acids is 1. The molecule has 7 heteroatoms. The molecule has 1 fully saturated rings. The monoisotopic (exact) mass is 259 g/mol. The maximum absolute atomic E-state index is 11.3. The first kappa shape index (κ1) is 14.7. The summed E-state index contributed by atoms with van der Waals surface area (Å²) >= 11 is 0. The molecule has 104 valence electrons. The van der Waals surface area contributed by atoms with E-state index in [0.29, 0.717) is 6.54 Å². The molecule has 1 saturated heterocycles. The van der Waals surface area contributed by atoms with Crippen LogP contribution in [-0.2, 0) is 4.79 Å². The van der Waals surface area contributed by atoms with Gasteiger partial charge in [0.05, 0.1) is 6.54 Å². The van der Waals surface area contributed by atoms with Gasteiger partial charge in [0.25, 0.3) is 0 Å². The molecule has 0 saturated carbocycles. The van der Waals surface area contributed by atoms with Crippen LogP contribution in [0.15, 0.2) is 0 Å². The van der Waals surface area contributed by atoms with E-state index in [4.69, 9.17) is 10.2 Å². The molecule has 1 aliphatic rings. The molecule has 0 aliphatic carbocycles. The predicted molar refractivity (Wildman–Crippen MR) is 65.3 cm³/mol. The summed E-state index contributed by atoms with van der Waals surface area (Å²) in [5, 5.41) is 22.4. The van der Waals surface area contributed by atoms with Crippen LogP contribution in [0.1, 0.15) is 19.8 Å². The number of urea groups is 1. The van der Waals surface area contributed by atoms with Gasteiger partial charge in [0, 0.05) is 12.6 Å². The second-order valence-corrected chi connectivity index (χ2v) is 4.54. The Hall–Kier alpha value is -1.34. The lowest BCUT2D eigenvalue weighted by Crippen LogP contribution is -2.46. The molecule has 0 spiro atoms. The first-order valence-corrected chi connectivity index (χ1v) is 6.17. The van der Waals surface area contributed by atoms with Gasteiger partial charge >= 0.3 is 12.0 Å². The summed E-state index contributed by atoms with van der Waals surface area (Å²) in [6.07, 6.45) is 0.828. The third kappa shape index (κ3) is 4.89. The number of carboxylic acids is 1. The Labute approximate surface area is 106 Å². The number of nitrogens with one attached hydrogen (secondary N) is 2. The lowest BCUT2D eigenvalue weighted by molar-refractivity contribution is -0.146. The number of aliphatic hydroxyl groups excluding tert-OH is 1. The maximum atomic E-state index is 11.3. The smallest absolute Gasteiger partial charge is 0.334 e. The van der Waals surface area contributed by atoms with Crippen LogP contribution in [0.5, 0.6) is 0 Å². The zero-order valence-corrected chi connectivity index (χ0v) is 10.6. The first-order valence-electron chi connectivity index (χ1n) is 6.17. The van der Waals surface area contributed by atoms with Crippen molar-refractivity contribution in [1.82, 2.24) is 15.5 Å². The van der Waals surface area contributed by atoms with Crippen molar-refractivity contribution in [3.63, 3.8) is 0 Å². The van der Waals surface area contributed by atoms with Gasteiger partial charge in [-0.2, -0.15) is 0 Å². The SMILES string of the molecule is CC(CNC(=O)NC[C@H](O)C(=O)O)N1CCCC1. The van der Waals surface area contributed by atoms with Gasteiger partial charge in [-0.1, -0.05) is 0 Å². The number of carboxylic acid groups (broad SMARTS) is 1. The molecule has 1 rings (SSSR count). The van der Waals surface area contributed by atoms with Crippen molar-refractivity contribution in [2.24, 2.45) is 0 Å². The summed E-state index contributed by atoms with van der Waals surface area (Å²) in [6, 6.07) is -0.191.